The largest absolute Gasteiger partial charge is 0.352 e. The molecule has 1 atom stereocenters. The van der Waals surface area contributed by atoms with Gasteiger partial charge >= 0.3 is 0 Å². The van der Waals surface area contributed by atoms with E-state index in [0.29, 0.717) is 23.7 Å². The molecule has 116 valence electrons. The molecule has 1 aliphatic rings. The first-order chi connectivity index (χ1) is 9.96. The lowest BCUT2D eigenvalue weighted by Crippen LogP contribution is -2.38. The van der Waals surface area contributed by atoms with Crippen LogP contribution in [0.1, 0.15) is 23.2 Å². The van der Waals surface area contributed by atoms with E-state index in [-0.39, 0.29) is 5.91 Å². The van der Waals surface area contributed by atoms with Gasteiger partial charge in [-0.2, -0.15) is 0 Å². The zero-order valence-electron chi connectivity index (χ0n) is 12.1. The second-order valence-corrected chi connectivity index (χ2v) is 7.09. The summed E-state index contributed by atoms with van der Waals surface area (Å²) in [5.41, 5.74) is 0.644. The first-order valence-corrected chi connectivity index (χ1v) is 8.90. The highest BCUT2D eigenvalue weighted by molar-refractivity contribution is 7.92. The molecule has 7 heteroatoms. The number of amides is 1. The van der Waals surface area contributed by atoms with Crippen LogP contribution >= 0.6 is 0 Å². The number of para-hydroxylation sites is 1. The average Bonchev–Trinajstić information content (AvgIpc) is 2.45. The van der Waals surface area contributed by atoms with E-state index < -0.39 is 10.0 Å². The second kappa shape index (κ2) is 6.91. The molecule has 6 nitrogen and oxygen atoms in total. The van der Waals surface area contributed by atoms with Gasteiger partial charge in [-0.15, -0.1) is 0 Å². The van der Waals surface area contributed by atoms with Gasteiger partial charge in [0.15, 0.2) is 0 Å². The summed E-state index contributed by atoms with van der Waals surface area (Å²) in [6.07, 6.45) is 3.28. The minimum absolute atomic E-state index is 0.257. The van der Waals surface area contributed by atoms with Crippen molar-refractivity contribution < 1.29 is 13.2 Å². The van der Waals surface area contributed by atoms with Crippen molar-refractivity contribution in [2.24, 2.45) is 5.92 Å². The molecule has 0 radical (unpaired) electrons. The summed E-state index contributed by atoms with van der Waals surface area (Å²) in [7, 11) is -3.41. The zero-order chi connectivity index (χ0) is 15.3. The van der Waals surface area contributed by atoms with E-state index in [1.165, 1.54) is 0 Å². The molecule has 0 aromatic heterocycles. The Morgan fingerprint density at radius 3 is 2.81 bits per heavy atom. The van der Waals surface area contributed by atoms with Gasteiger partial charge in [0, 0.05) is 6.54 Å². The number of nitrogens with one attached hydrogen (secondary N) is 3. The van der Waals surface area contributed by atoms with Crippen molar-refractivity contribution in [3.8, 4) is 0 Å². The fraction of sp³-hybridized carbons (Fsp3) is 0.500. The third kappa shape index (κ3) is 5.02. The number of hydrogen-bond acceptors (Lipinski definition) is 4. The summed E-state index contributed by atoms with van der Waals surface area (Å²) in [5.74, 6) is 0.171. The first-order valence-electron chi connectivity index (χ1n) is 7.01. The van der Waals surface area contributed by atoms with Crippen molar-refractivity contribution in [2.75, 3.05) is 30.6 Å². The lowest BCUT2D eigenvalue weighted by atomic mass is 9.99. The lowest BCUT2D eigenvalue weighted by Gasteiger charge is -2.23. The molecule has 1 aliphatic heterocycles. The maximum Gasteiger partial charge on any atom is 0.253 e. The highest BCUT2D eigenvalue weighted by atomic mass is 32.2. The molecular formula is C14H21N3O3S. The molecule has 0 aliphatic carbocycles. The molecule has 1 aromatic carbocycles. The van der Waals surface area contributed by atoms with Gasteiger partial charge in [-0.05, 0) is 44.0 Å². The average molecular weight is 311 g/mol. The first kappa shape index (κ1) is 15.8. The fourth-order valence-electron chi connectivity index (χ4n) is 2.40. The van der Waals surface area contributed by atoms with Gasteiger partial charge in [-0.25, -0.2) is 8.42 Å². The monoisotopic (exact) mass is 311 g/mol. The number of anilines is 1. The molecule has 1 heterocycles. The van der Waals surface area contributed by atoms with Crippen LogP contribution in [0.2, 0.25) is 0 Å². The van der Waals surface area contributed by atoms with E-state index in [1.807, 2.05) is 0 Å². The van der Waals surface area contributed by atoms with Gasteiger partial charge in [0.1, 0.15) is 0 Å². The van der Waals surface area contributed by atoms with Gasteiger partial charge in [0.2, 0.25) is 10.0 Å². The second-order valence-electron chi connectivity index (χ2n) is 5.34. The Morgan fingerprint density at radius 2 is 2.14 bits per heavy atom. The number of carbonyl (C=O) groups is 1. The van der Waals surface area contributed by atoms with Crippen LogP contribution in [0.4, 0.5) is 5.69 Å². The van der Waals surface area contributed by atoms with Crippen LogP contribution in [-0.4, -0.2) is 40.2 Å². The van der Waals surface area contributed by atoms with Gasteiger partial charge < -0.3 is 10.6 Å². The molecule has 1 aromatic rings. The van der Waals surface area contributed by atoms with Crippen LogP contribution in [0.3, 0.4) is 0 Å². The molecule has 21 heavy (non-hydrogen) atoms. The molecule has 1 saturated heterocycles. The van der Waals surface area contributed by atoms with Crippen LogP contribution in [0, 0.1) is 5.92 Å². The SMILES string of the molecule is CS(=O)(=O)Nc1ccccc1C(=O)NCC1CCCNC1. The summed E-state index contributed by atoms with van der Waals surface area (Å²) >= 11 is 0. The minimum atomic E-state index is -3.41. The van der Waals surface area contributed by atoms with Gasteiger partial charge in [0.25, 0.3) is 5.91 Å². The molecule has 1 fully saturated rings. The third-order valence-electron chi connectivity index (χ3n) is 3.42. The van der Waals surface area contributed by atoms with Gasteiger partial charge in [-0.1, -0.05) is 12.1 Å². The van der Waals surface area contributed by atoms with Crippen LogP contribution in [0.5, 0.6) is 0 Å². The smallest absolute Gasteiger partial charge is 0.253 e. The van der Waals surface area contributed by atoms with Crippen LogP contribution < -0.4 is 15.4 Å². The Kier molecular flexibility index (Phi) is 5.19. The topological polar surface area (TPSA) is 87.3 Å². The summed E-state index contributed by atoms with van der Waals surface area (Å²) in [6, 6.07) is 6.60. The van der Waals surface area contributed by atoms with Gasteiger partial charge in [0.05, 0.1) is 17.5 Å². The minimum Gasteiger partial charge on any atom is -0.352 e. The maximum atomic E-state index is 12.2. The number of sulfonamides is 1. The van der Waals surface area contributed by atoms with Crippen molar-refractivity contribution in [3.63, 3.8) is 0 Å². The van der Waals surface area contributed by atoms with Crippen LogP contribution in [-0.2, 0) is 10.0 Å². The van der Waals surface area contributed by atoms with Crippen molar-refractivity contribution in [1.82, 2.24) is 10.6 Å². The summed E-state index contributed by atoms with van der Waals surface area (Å²) in [5, 5.41) is 6.18. The predicted octanol–water partition coefficient (Wildman–Crippen LogP) is 0.788. The summed E-state index contributed by atoms with van der Waals surface area (Å²) < 4.78 is 25.0. The van der Waals surface area contributed by atoms with E-state index in [4.69, 9.17) is 0 Å². The van der Waals surface area contributed by atoms with E-state index in [9.17, 15) is 13.2 Å². The van der Waals surface area contributed by atoms with E-state index in [1.54, 1.807) is 24.3 Å². The Labute approximate surface area is 125 Å². The van der Waals surface area contributed by atoms with Gasteiger partial charge in [-0.3, -0.25) is 9.52 Å². The Hall–Kier alpha value is -1.60. The standard InChI is InChI=1S/C14H21N3O3S/c1-21(19,20)17-13-7-3-2-6-12(13)14(18)16-10-11-5-4-8-15-9-11/h2-3,6-7,11,15,17H,4-5,8-10H2,1H3,(H,16,18). The molecule has 1 unspecified atom stereocenters. The number of hydrogen-bond donors (Lipinski definition) is 3. The zero-order valence-corrected chi connectivity index (χ0v) is 12.9. The molecule has 0 spiro atoms. The van der Waals surface area contributed by atoms with Crippen molar-refractivity contribution >= 4 is 21.6 Å². The number of benzene rings is 1. The molecule has 0 bridgehead atoms. The Morgan fingerprint density at radius 1 is 1.38 bits per heavy atom. The third-order valence-corrected chi connectivity index (χ3v) is 4.01. The number of carbonyl (C=O) groups excluding carboxylic acids is 1. The van der Waals surface area contributed by atoms with E-state index >= 15 is 0 Å². The number of rotatable bonds is 5. The van der Waals surface area contributed by atoms with Crippen LogP contribution in [0.15, 0.2) is 24.3 Å². The highest BCUT2D eigenvalue weighted by Gasteiger charge is 2.17. The summed E-state index contributed by atoms with van der Waals surface area (Å²) in [4.78, 5) is 12.2. The van der Waals surface area contributed by atoms with E-state index in [2.05, 4.69) is 15.4 Å². The molecule has 1 amide bonds. The summed E-state index contributed by atoms with van der Waals surface area (Å²) in [6.45, 7) is 2.54. The van der Waals surface area contributed by atoms with E-state index in [0.717, 1.165) is 32.2 Å². The van der Waals surface area contributed by atoms with Crippen LogP contribution in [0.25, 0.3) is 0 Å². The van der Waals surface area contributed by atoms with Crippen molar-refractivity contribution in [1.29, 1.82) is 0 Å². The number of piperidine rings is 1. The molecular weight excluding hydrogens is 290 g/mol. The van der Waals surface area contributed by atoms with Crippen molar-refractivity contribution in [3.05, 3.63) is 29.8 Å². The Bertz CT molecular complexity index is 595. The highest BCUT2D eigenvalue weighted by Crippen LogP contribution is 2.16. The predicted molar refractivity (Wildman–Crippen MR) is 82.8 cm³/mol. The van der Waals surface area contributed by atoms with Crippen molar-refractivity contribution in [2.45, 2.75) is 12.8 Å². The Balaban J connectivity index is 2.01. The molecule has 0 saturated carbocycles. The fourth-order valence-corrected chi connectivity index (χ4v) is 2.98. The lowest BCUT2D eigenvalue weighted by molar-refractivity contribution is 0.0945. The normalized spacial score (nSPS) is 19.0. The maximum absolute atomic E-state index is 12.2. The quantitative estimate of drug-likeness (QED) is 0.750. The molecule has 3 N–H and O–H groups in total. The molecule has 2 rings (SSSR count).